The molecule has 0 saturated carbocycles. The summed E-state index contributed by atoms with van der Waals surface area (Å²) in [5.74, 6) is -1.18. The molecule has 3 heterocycles. The van der Waals surface area contributed by atoms with Gasteiger partial charge in [-0.2, -0.15) is 0 Å². The number of fused-ring (bicyclic) bond motifs is 4. The molecule has 4 aromatic rings. The van der Waals surface area contributed by atoms with Gasteiger partial charge in [-0.3, -0.25) is 0 Å². The lowest BCUT2D eigenvalue weighted by Crippen LogP contribution is -2.18. The number of aromatic nitrogens is 2. The average Bonchev–Trinajstić information content (AvgIpc) is 3.42. The van der Waals surface area contributed by atoms with Crippen molar-refractivity contribution in [1.29, 1.82) is 0 Å². The monoisotopic (exact) mass is 448 g/mol. The van der Waals surface area contributed by atoms with Crippen LogP contribution in [-0.2, 0) is 15.9 Å². The van der Waals surface area contributed by atoms with Gasteiger partial charge in [0.15, 0.2) is 0 Å². The highest BCUT2D eigenvalue weighted by molar-refractivity contribution is 6.30. The van der Waals surface area contributed by atoms with Gasteiger partial charge in [0.25, 0.3) is 0 Å². The molecule has 162 valence electrons. The number of ether oxygens (including phenoxy) is 2. The van der Waals surface area contributed by atoms with Crippen LogP contribution in [0.4, 0.5) is 0 Å². The number of nitrogens with one attached hydrogen (secondary N) is 1. The average molecular weight is 449 g/mol. The first kappa shape index (κ1) is 20.4. The van der Waals surface area contributed by atoms with Crippen LogP contribution in [0.5, 0.6) is 0 Å². The van der Waals surface area contributed by atoms with Crippen LogP contribution in [0, 0.1) is 0 Å². The first-order valence-electron chi connectivity index (χ1n) is 10.2. The Morgan fingerprint density at radius 2 is 1.75 bits per heavy atom. The van der Waals surface area contributed by atoms with Gasteiger partial charge in [-0.25, -0.2) is 9.59 Å². The maximum atomic E-state index is 13.1. The van der Waals surface area contributed by atoms with E-state index in [0.717, 1.165) is 28.0 Å². The smallest absolute Gasteiger partial charge is 0.339 e. The number of hydrogen-bond acceptors (Lipinski definition) is 4. The van der Waals surface area contributed by atoms with Crippen LogP contribution in [0.2, 0.25) is 5.02 Å². The number of nitrogens with zero attached hydrogens (tertiary/aromatic N) is 1. The number of aromatic amines is 1. The molecule has 0 bridgehead atoms. The van der Waals surface area contributed by atoms with Crippen molar-refractivity contribution in [1.82, 2.24) is 9.55 Å². The van der Waals surface area contributed by atoms with E-state index in [9.17, 15) is 9.59 Å². The third-order valence-electron chi connectivity index (χ3n) is 6.22. The predicted molar refractivity (Wildman–Crippen MR) is 122 cm³/mol. The van der Waals surface area contributed by atoms with Gasteiger partial charge in [0, 0.05) is 39.9 Å². The Labute approximate surface area is 189 Å². The molecule has 0 radical (unpaired) electrons. The minimum absolute atomic E-state index is 0.0576. The SMILES string of the molecule is COC(=O)c1c(-c2ccc(Cl)cc2)cc2[nH]c3c(c2c1C(=O)OC)Cc1cccn1C3C. The summed E-state index contributed by atoms with van der Waals surface area (Å²) in [6, 6.07) is 13.2. The molecule has 1 N–H and O–H groups in total. The Morgan fingerprint density at radius 3 is 2.44 bits per heavy atom. The molecule has 0 fully saturated rings. The third-order valence-corrected chi connectivity index (χ3v) is 6.47. The van der Waals surface area contributed by atoms with Gasteiger partial charge in [-0.05, 0) is 53.9 Å². The van der Waals surface area contributed by atoms with E-state index < -0.39 is 11.9 Å². The molecule has 0 aliphatic carbocycles. The minimum atomic E-state index is -0.598. The second-order valence-electron chi connectivity index (χ2n) is 7.86. The molecule has 1 unspecified atom stereocenters. The normalized spacial score (nSPS) is 14.7. The third kappa shape index (κ3) is 2.94. The van der Waals surface area contributed by atoms with Crippen LogP contribution in [-0.4, -0.2) is 35.7 Å². The molecular formula is C25H21ClN2O4. The van der Waals surface area contributed by atoms with Gasteiger partial charge in [-0.1, -0.05) is 23.7 Å². The highest BCUT2D eigenvalue weighted by Crippen LogP contribution is 2.41. The number of carbonyl (C=O) groups is 2. The summed E-state index contributed by atoms with van der Waals surface area (Å²) in [4.78, 5) is 29.6. The quantitative estimate of drug-likeness (QED) is 0.427. The fourth-order valence-corrected chi connectivity index (χ4v) is 4.87. The van der Waals surface area contributed by atoms with E-state index in [4.69, 9.17) is 21.1 Å². The summed E-state index contributed by atoms with van der Waals surface area (Å²) in [5.41, 5.74) is 5.63. The standard InChI is InChI=1S/C25H21ClN2O4/c1-13-23-18(11-16-5-4-10-28(13)16)20-19(27-23)12-17(14-6-8-15(26)9-7-14)21(24(29)31-2)22(20)25(30)32-3/h4-10,12-13,27H,11H2,1-3H3. The number of carbonyl (C=O) groups excluding carboxylic acids is 2. The van der Waals surface area contributed by atoms with E-state index in [1.54, 1.807) is 12.1 Å². The van der Waals surface area contributed by atoms with E-state index >= 15 is 0 Å². The van der Waals surface area contributed by atoms with E-state index in [0.29, 0.717) is 22.4 Å². The Hall–Kier alpha value is -3.51. The van der Waals surface area contributed by atoms with E-state index in [2.05, 4.69) is 28.7 Å². The minimum Gasteiger partial charge on any atom is -0.465 e. The molecule has 7 heteroatoms. The zero-order chi connectivity index (χ0) is 22.6. The fourth-order valence-electron chi connectivity index (χ4n) is 4.74. The van der Waals surface area contributed by atoms with Crippen LogP contribution in [0.25, 0.3) is 22.0 Å². The van der Waals surface area contributed by atoms with E-state index in [1.807, 2.05) is 24.3 Å². The lowest BCUT2D eigenvalue weighted by Gasteiger charge is -2.24. The number of benzene rings is 2. The van der Waals surface area contributed by atoms with Crippen molar-refractivity contribution in [3.8, 4) is 11.1 Å². The summed E-state index contributed by atoms with van der Waals surface area (Å²) in [6.45, 7) is 2.11. The van der Waals surface area contributed by atoms with Crippen molar-refractivity contribution in [2.75, 3.05) is 14.2 Å². The molecule has 0 amide bonds. The van der Waals surface area contributed by atoms with Crippen molar-refractivity contribution in [2.45, 2.75) is 19.4 Å². The van der Waals surface area contributed by atoms with E-state index in [-0.39, 0.29) is 17.2 Å². The zero-order valence-electron chi connectivity index (χ0n) is 17.9. The second kappa shape index (κ2) is 7.57. The number of halogens is 1. The Morgan fingerprint density at radius 1 is 1.06 bits per heavy atom. The van der Waals surface area contributed by atoms with Crippen LogP contribution in [0.1, 0.15) is 50.6 Å². The molecule has 1 atom stereocenters. The Bertz CT molecular complexity index is 1380. The van der Waals surface area contributed by atoms with Crippen LogP contribution >= 0.6 is 11.6 Å². The van der Waals surface area contributed by atoms with Gasteiger partial charge in [0.05, 0.1) is 31.4 Å². The molecular weight excluding hydrogens is 428 g/mol. The molecule has 1 aliphatic heterocycles. The summed E-state index contributed by atoms with van der Waals surface area (Å²) in [6.07, 6.45) is 2.69. The Balaban J connectivity index is 1.89. The van der Waals surface area contributed by atoms with Crippen molar-refractivity contribution in [2.24, 2.45) is 0 Å². The summed E-state index contributed by atoms with van der Waals surface area (Å²) >= 11 is 6.07. The van der Waals surface area contributed by atoms with Crippen molar-refractivity contribution >= 4 is 34.4 Å². The topological polar surface area (TPSA) is 73.3 Å². The van der Waals surface area contributed by atoms with Gasteiger partial charge in [-0.15, -0.1) is 0 Å². The lowest BCUT2D eigenvalue weighted by atomic mass is 9.89. The van der Waals surface area contributed by atoms with Crippen molar-refractivity contribution in [3.05, 3.63) is 81.8 Å². The maximum absolute atomic E-state index is 13.1. The van der Waals surface area contributed by atoms with Crippen LogP contribution in [0.3, 0.4) is 0 Å². The fraction of sp³-hybridized carbons (Fsp3) is 0.200. The second-order valence-corrected chi connectivity index (χ2v) is 8.30. The number of methoxy groups -OCH3 is 2. The summed E-state index contributed by atoms with van der Waals surface area (Å²) in [5, 5.41) is 1.28. The maximum Gasteiger partial charge on any atom is 0.339 e. The molecule has 5 rings (SSSR count). The number of rotatable bonds is 3. The van der Waals surface area contributed by atoms with Gasteiger partial charge < -0.3 is 19.0 Å². The zero-order valence-corrected chi connectivity index (χ0v) is 18.6. The first-order chi connectivity index (χ1) is 15.4. The lowest BCUT2D eigenvalue weighted by molar-refractivity contribution is 0.0557. The van der Waals surface area contributed by atoms with Gasteiger partial charge >= 0.3 is 11.9 Å². The number of hydrogen-bond donors (Lipinski definition) is 1. The highest BCUT2D eigenvalue weighted by atomic mass is 35.5. The van der Waals surface area contributed by atoms with E-state index in [1.165, 1.54) is 14.2 Å². The van der Waals surface area contributed by atoms with Crippen molar-refractivity contribution < 1.29 is 19.1 Å². The molecule has 2 aromatic heterocycles. The number of H-pyrrole nitrogens is 1. The highest BCUT2D eigenvalue weighted by Gasteiger charge is 2.32. The Kier molecular flexibility index (Phi) is 4.82. The molecule has 6 nitrogen and oxygen atoms in total. The molecule has 2 aromatic carbocycles. The first-order valence-corrected chi connectivity index (χ1v) is 10.6. The molecule has 1 aliphatic rings. The van der Waals surface area contributed by atoms with Gasteiger partial charge in [0.1, 0.15) is 0 Å². The number of esters is 2. The molecule has 0 saturated heterocycles. The van der Waals surface area contributed by atoms with Crippen molar-refractivity contribution in [3.63, 3.8) is 0 Å². The molecule has 32 heavy (non-hydrogen) atoms. The molecule has 0 spiro atoms. The summed E-state index contributed by atoms with van der Waals surface area (Å²) in [7, 11) is 2.62. The summed E-state index contributed by atoms with van der Waals surface area (Å²) < 4.78 is 12.5. The van der Waals surface area contributed by atoms with Crippen LogP contribution < -0.4 is 0 Å². The van der Waals surface area contributed by atoms with Crippen LogP contribution in [0.15, 0.2) is 48.7 Å². The largest absolute Gasteiger partial charge is 0.465 e. The van der Waals surface area contributed by atoms with Gasteiger partial charge in [0.2, 0.25) is 0 Å². The predicted octanol–water partition coefficient (Wildman–Crippen LogP) is 5.38.